The molecule has 29 heteroatoms. The molecule has 3 fully saturated rings. The fraction of sp³-hybridized carbons (Fsp3) is 0.382. The quantitative estimate of drug-likeness (QED) is 0.0395. The molecule has 560 valence electrons. The van der Waals surface area contributed by atoms with Crippen molar-refractivity contribution in [3.8, 4) is 34.5 Å². The minimum absolute atomic E-state index is 0.0238. The van der Waals surface area contributed by atoms with E-state index in [1.54, 1.807) is 108 Å². The molecule has 12 rings (SSSR count). The molecule has 0 amide bonds. The predicted octanol–water partition coefficient (Wildman–Crippen LogP) is 10.9. The molecule has 3 heterocycles. The van der Waals surface area contributed by atoms with Gasteiger partial charge in [0.2, 0.25) is 0 Å². The highest BCUT2D eigenvalue weighted by molar-refractivity contribution is 7.89. The topological polar surface area (TPSA) is 302 Å². The summed E-state index contributed by atoms with van der Waals surface area (Å²) in [5, 5.41) is 23.2. The van der Waals surface area contributed by atoms with Gasteiger partial charge in [-0.2, -0.15) is 37.8 Å². The second kappa shape index (κ2) is 35.9. The summed E-state index contributed by atoms with van der Waals surface area (Å²) in [6, 6.07) is 48.7. The fourth-order valence-corrected chi connectivity index (χ4v) is 16.8. The summed E-state index contributed by atoms with van der Waals surface area (Å²) in [6.45, 7) is 5.14. The SMILES string of the molecule is CCC1(n2nccc2S(=O)(=O)N(Cc2ccc(OC)cc2)Cc2ccc(OC)cc2)CCC1.CCOC(=O)C1(n2ccc(S(=O)(=O)N(Cc3ccc(OC)cc3)Cc3ccc(OC)cc3)n2)CCC1.COc1ccc(CN(Cc2ccc(OC)cc2)S(=O)(=O)c2ccn(C3(CO)CCC3)n2)cc1.O=C=O. The number of aliphatic hydroxyl groups is 1. The average Bonchev–Trinajstić information content (AvgIpc) is 1.69. The van der Waals surface area contributed by atoms with Crippen LogP contribution in [0.5, 0.6) is 34.5 Å². The van der Waals surface area contributed by atoms with E-state index in [0.29, 0.717) is 35.8 Å². The largest absolute Gasteiger partial charge is 0.497 e. The van der Waals surface area contributed by atoms with Crippen LogP contribution in [0, 0.1) is 0 Å². The van der Waals surface area contributed by atoms with Gasteiger partial charge in [0, 0.05) is 51.7 Å². The van der Waals surface area contributed by atoms with E-state index < -0.39 is 41.1 Å². The molecule has 6 aromatic carbocycles. The van der Waals surface area contributed by atoms with Crippen molar-refractivity contribution in [1.29, 1.82) is 0 Å². The van der Waals surface area contributed by atoms with E-state index in [9.17, 15) is 35.2 Å². The third-order valence-electron chi connectivity index (χ3n) is 19.4. The minimum Gasteiger partial charge on any atom is -0.497 e. The third kappa shape index (κ3) is 18.7. The zero-order valence-corrected chi connectivity index (χ0v) is 62.7. The number of ether oxygens (including phenoxy) is 7. The Balaban J connectivity index is 0.000000179. The molecule has 0 saturated heterocycles. The van der Waals surface area contributed by atoms with Crippen molar-refractivity contribution in [1.82, 2.24) is 42.3 Å². The molecule has 105 heavy (non-hydrogen) atoms. The van der Waals surface area contributed by atoms with Gasteiger partial charge in [-0.1, -0.05) is 79.7 Å². The number of aromatic nitrogens is 6. The summed E-state index contributed by atoms with van der Waals surface area (Å²) in [6.07, 6.45) is 13.4. The summed E-state index contributed by atoms with van der Waals surface area (Å²) in [5.74, 6) is 3.87. The summed E-state index contributed by atoms with van der Waals surface area (Å²) in [4.78, 5) is 28.9. The Morgan fingerprint density at radius 3 is 0.990 bits per heavy atom. The van der Waals surface area contributed by atoms with E-state index in [-0.39, 0.29) is 85.2 Å². The number of carbonyl (C=O) groups excluding carboxylic acids is 3. The Hall–Kier alpha value is -9.71. The summed E-state index contributed by atoms with van der Waals surface area (Å²) in [7, 11) is -2.16. The number of benzene rings is 6. The van der Waals surface area contributed by atoms with Crippen LogP contribution >= 0.6 is 0 Å². The van der Waals surface area contributed by atoms with Crippen LogP contribution in [0.25, 0.3) is 0 Å². The first kappa shape index (κ1) is 79.4. The molecule has 0 radical (unpaired) electrons. The van der Waals surface area contributed by atoms with E-state index >= 15 is 0 Å². The van der Waals surface area contributed by atoms with Gasteiger partial charge >= 0.3 is 12.1 Å². The van der Waals surface area contributed by atoms with Gasteiger partial charge in [-0.25, -0.2) is 34.7 Å². The Labute approximate surface area is 614 Å². The van der Waals surface area contributed by atoms with Crippen LogP contribution in [-0.4, -0.2) is 141 Å². The summed E-state index contributed by atoms with van der Waals surface area (Å²) >= 11 is 0. The number of carbonyl (C=O) groups is 1. The van der Waals surface area contributed by atoms with Crippen LogP contribution in [0.3, 0.4) is 0 Å². The van der Waals surface area contributed by atoms with E-state index in [0.717, 1.165) is 96.2 Å². The summed E-state index contributed by atoms with van der Waals surface area (Å²) in [5.41, 5.74) is 3.38. The molecule has 26 nitrogen and oxygen atoms in total. The van der Waals surface area contributed by atoms with Crippen molar-refractivity contribution in [2.24, 2.45) is 0 Å². The zero-order valence-electron chi connectivity index (χ0n) is 60.3. The lowest BCUT2D eigenvalue weighted by Gasteiger charge is -2.42. The van der Waals surface area contributed by atoms with Crippen LogP contribution < -0.4 is 28.4 Å². The fourth-order valence-electron chi connectivity index (χ4n) is 12.6. The van der Waals surface area contributed by atoms with Crippen LogP contribution in [0.2, 0.25) is 0 Å². The first-order chi connectivity index (χ1) is 50.5. The maximum absolute atomic E-state index is 14.0. The average molecular weight is 1500 g/mol. The van der Waals surface area contributed by atoms with Crippen molar-refractivity contribution in [2.45, 2.75) is 149 Å². The Morgan fingerprint density at radius 1 is 0.438 bits per heavy atom. The molecular formula is C76H91N9O17S3. The Bertz CT molecular complexity index is 4490. The Kier molecular flexibility index (Phi) is 27.1. The zero-order chi connectivity index (χ0) is 75.4. The second-order valence-electron chi connectivity index (χ2n) is 25.5. The molecule has 9 aromatic rings. The monoisotopic (exact) mass is 1500 g/mol. The van der Waals surface area contributed by atoms with Gasteiger partial charge in [0.1, 0.15) is 34.5 Å². The number of sulfonamides is 3. The van der Waals surface area contributed by atoms with Crippen LogP contribution in [0.1, 0.15) is 111 Å². The van der Waals surface area contributed by atoms with Crippen molar-refractivity contribution in [3.63, 3.8) is 0 Å². The van der Waals surface area contributed by atoms with E-state index in [1.807, 2.05) is 121 Å². The number of methoxy groups -OCH3 is 6. The number of nitrogens with zero attached hydrogens (tertiary/aromatic N) is 9. The van der Waals surface area contributed by atoms with Crippen LogP contribution in [0.4, 0.5) is 0 Å². The second-order valence-corrected chi connectivity index (χ2v) is 31.2. The molecule has 0 spiro atoms. The first-order valence-electron chi connectivity index (χ1n) is 34.3. The third-order valence-corrected chi connectivity index (χ3v) is 24.5. The van der Waals surface area contributed by atoms with Crippen LogP contribution in [-0.2, 0) is 105 Å². The maximum Gasteiger partial charge on any atom is 0.373 e. The lowest BCUT2D eigenvalue weighted by molar-refractivity contribution is -0.191. The van der Waals surface area contributed by atoms with Crippen molar-refractivity contribution >= 4 is 42.2 Å². The normalized spacial score (nSPS) is 14.7. The molecule has 0 aliphatic heterocycles. The molecule has 3 aliphatic carbocycles. The lowest BCUT2D eigenvalue weighted by Crippen LogP contribution is -2.49. The predicted molar refractivity (Wildman–Crippen MR) is 388 cm³/mol. The number of aliphatic hydroxyl groups excluding tert-OH is 1. The van der Waals surface area contributed by atoms with Gasteiger partial charge in [-0.05, 0) is 196 Å². The molecule has 0 atom stereocenters. The van der Waals surface area contributed by atoms with Crippen molar-refractivity contribution in [2.75, 3.05) is 55.9 Å². The first-order valence-corrected chi connectivity index (χ1v) is 38.6. The number of hydrogen-bond donors (Lipinski definition) is 1. The molecule has 3 saturated carbocycles. The van der Waals surface area contributed by atoms with Gasteiger partial charge in [0.05, 0.1) is 73.1 Å². The maximum atomic E-state index is 14.0. The van der Waals surface area contributed by atoms with Gasteiger partial charge in [-0.15, -0.1) is 0 Å². The molecule has 1 N–H and O–H groups in total. The molecular weight excluding hydrogens is 1410 g/mol. The van der Waals surface area contributed by atoms with Crippen molar-refractivity contribution < 1.29 is 77.9 Å². The van der Waals surface area contributed by atoms with E-state index in [1.165, 1.54) is 29.7 Å². The molecule has 0 unspecified atom stereocenters. The minimum atomic E-state index is -4.00. The van der Waals surface area contributed by atoms with E-state index in [4.69, 9.17) is 42.7 Å². The van der Waals surface area contributed by atoms with E-state index in [2.05, 4.69) is 22.2 Å². The van der Waals surface area contributed by atoms with Gasteiger partial charge in [0.15, 0.2) is 20.6 Å². The highest BCUT2D eigenvalue weighted by atomic mass is 32.2. The molecule has 3 aliphatic rings. The Morgan fingerprint density at radius 2 is 0.733 bits per heavy atom. The summed E-state index contributed by atoms with van der Waals surface area (Å²) < 4.78 is 129. The highest BCUT2D eigenvalue weighted by Gasteiger charge is 2.49. The number of rotatable bonds is 31. The standard InChI is InChI=1S/C26H31N3O6S.C25H31N3O4S.C24H29N3O5S.CO2/c1-4-35-25(30)26(15-5-16-26)29-17-14-24(27-29)36(31,32)28(18-20-6-10-22(33-2)11-7-20)19-21-8-12-23(34-3)13-9-21;1-4-25(15-5-16-25)28-24(14-17-26-28)33(29,30)27(18-20-6-10-22(31-2)11-7-20)19-21-8-12-23(32-3)13-9-21;1-31-21-8-4-19(5-9-21)16-26(17-20-6-10-22(32-2)11-7-20)33(29,30)23-12-15-27(25-23)24(18-28)13-3-14-24;2-1-3/h6-14,17H,4-5,15-16,18-19H2,1-3H3;6-14,17H,4-5,15-16,18-19H2,1-3H3;4-12,15,28H,3,13-14,16-18H2,1-2H3;. The van der Waals surface area contributed by atoms with Gasteiger partial charge in [0.25, 0.3) is 30.1 Å². The molecule has 0 bridgehead atoms. The highest BCUT2D eigenvalue weighted by Crippen LogP contribution is 2.44. The smallest absolute Gasteiger partial charge is 0.373 e. The van der Waals surface area contributed by atoms with Gasteiger partial charge < -0.3 is 38.3 Å². The van der Waals surface area contributed by atoms with Crippen LogP contribution in [0.15, 0.2) is 197 Å². The number of hydrogen-bond acceptors (Lipinski definition) is 20. The number of esters is 1. The molecule has 3 aromatic heterocycles. The van der Waals surface area contributed by atoms with Gasteiger partial charge in [-0.3, -0.25) is 9.36 Å². The van der Waals surface area contributed by atoms with Crippen molar-refractivity contribution in [3.05, 3.63) is 216 Å². The lowest BCUT2D eigenvalue weighted by atomic mass is 9.75.